The summed E-state index contributed by atoms with van der Waals surface area (Å²) in [6.07, 6.45) is 0.990. The Morgan fingerprint density at radius 3 is 2.50 bits per heavy atom. The molecule has 0 aliphatic carbocycles. The van der Waals surface area contributed by atoms with Gasteiger partial charge in [-0.05, 0) is 31.9 Å². The predicted octanol–water partition coefficient (Wildman–Crippen LogP) is 3.89. The van der Waals surface area contributed by atoms with Gasteiger partial charge in [0, 0.05) is 24.6 Å². The van der Waals surface area contributed by atoms with Gasteiger partial charge in [-0.3, -0.25) is 0 Å². The zero-order chi connectivity index (χ0) is 15.9. The summed E-state index contributed by atoms with van der Waals surface area (Å²) in [5, 5.41) is 5.82. The van der Waals surface area contributed by atoms with Gasteiger partial charge in [0.05, 0.1) is 0 Å². The van der Waals surface area contributed by atoms with Crippen LogP contribution in [0.1, 0.15) is 41.9 Å². The lowest BCUT2D eigenvalue weighted by atomic mass is 9.97. The van der Waals surface area contributed by atoms with Crippen LogP contribution in [0, 0.1) is 13.8 Å². The van der Waals surface area contributed by atoms with E-state index in [1.165, 1.54) is 5.56 Å². The average molecular weight is 300 g/mol. The quantitative estimate of drug-likeness (QED) is 0.850. The highest BCUT2D eigenvalue weighted by atomic mass is 16.3. The van der Waals surface area contributed by atoms with E-state index in [1.54, 1.807) is 0 Å². The number of rotatable bonds is 6. The molecule has 22 heavy (non-hydrogen) atoms. The third kappa shape index (κ3) is 4.38. The van der Waals surface area contributed by atoms with Gasteiger partial charge in [0.15, 0.2) is 0 Å². The molecule has 0 aliphatic rings. The molecule has 1 heterocycles. The van der Waals surface area contributed by atoms with Crippen molar-refractivity contribution in [1.82, 2.24) is 10.6 Å². The number of benzene rings is 1. The monoisotopic (exact) mass is 300 g/mol. The van der Waals surface area contributed by atoms with Crippen LogP contribution in [-0.2, 0) is 6.54 Å². The van der Waals surface area contributed by atoms with Crippen LogP contribution in [0.5, 0.6) is 0 Å². The summed E-state index contributed by atoms with van der Waals surface area (Å²) in [7, 11) is 0. The maximum Gasteiger partial charge on any atom is 0.315 e. The molecular weight excluding hydrogens is 276 g/mol. The molecule has 0 saturated carbocycles. The van der Waals surface area contributed by atoms with Gasteiger partial charge < -0.3 is 15.1 Å². The summed E-state index contributed by atoms with van der Waals surface area (Å²) >= 11 is 0. The Labute approximate surface area is 131 Å². The van der Waals surface area contributed by atoms with Crippen LogP contribution < -0.4 is 10.6 Å². The van der Waals surface area contributed by atoms with E-state index >= 15 is 0 Å². The van der Waals surface area contributed by atoms with Crippen LogP contribution in [0.2, 0.25) is 0 Å². The van der Waals surface area contributed by atoms with Crippen molar-refractivity contribution in [3.63, 3.8) is 0 Å². The molecule has 4 heteroatoms. The minimum Gasteiger partial charge on any atom is -0.466 e. The minimum atomic E-state index is -0.146. The zero-order valence-corrected chi connectivity index (χ0v) is 13.5. The minimum absolute atomic E-state index is 0.146. The van der Waals surface area contributed by atoms with E-state index in [0.29, 0.717) is 19.0 Å². The molecule has 0 saturated heterocycles. The molecule has 0 fully saturated rings. The van der Waals surface area contributed by atoms with E-state index in [9.17, 15) is 4.79 Å². The molecule has 2 amide bonds. The third-order valence-corrected chi connectivity index (χ3v) is 3.86. The Balaban J connectivity index is 1.81. The molecule has 2 rings (SSSR count). The van der Waals surface area contributed by atoms with Crippen molar-refractivity contribution in [1.29, 1.82) is 0 Å². The number of aryl methyl sites for hydroxylation is 2. The van der Waals surface area contributed by atoms with Crippen LogP contribution >= 0.6 is 0 Å². The number of nitrogens with one attached hydrogen (secondary N) is 2. The maximum absolute atomic E-state index is 11.9. The molecule has 0 bridgehead atoms. The van der Waals surface area contributed by atoms with E-state index < -0.39 is 0 Å². The highest BCUT2D eigenvalue weighted by molar-refractivity contribution is 5.73. The lowest BCUT2D eigenvalue weighted by Gasteiger charge is -2.16. The molecule has 0 aliphatic heterocycles. The fraction of sp³-hybridized carbons (Fsp3) is 0.389. The molecule has 1 aromatic carbocycles. The number of carbonyl (C=O) groups excluding carboxylic acids is 1. The second-order valence-electron chi connectivity index (χ2n) is 5.52. The first kappa shape index (κ1) is 16.1. The highest BCUT2D eigenvalue weighted by Crippen LogP contribution is 2.18. The van der Waals surface area contributed by atoms with Crippen molar-refractivity contribution in [2.24, 2.45) is 0 Å². The molecular formula is C18H24N2O2. The number of carbonyl (C=O) groups is 1. The van der Waals surface area contributed by atoms with Crippen molar-refractivity contribution < 1.29 is 9.21 Å². The van der Waals surface area contributed by atoms with Crippen LogP contribution in [0.25, 0.3) is 0 Å². The normalized spacial score (nSPS) is 12.0. The van der Waals surface area contributed by atoms with Gasteiger partial charge in [-0.1, -0.05) is 37.3 Å². The average Bonchev–Trinajstić information content (AvgIpc) is 2.84. The molecule has 1 atom stereocenters. The third-order valence-electron chi connectivity index (χ3n) is 3.86. The van der Waals surface area contributed by atoms with Gasteiger partial charge >= 0.3 is 6.03 Å². The Bertz CT molecular complexity index is 605. The first-order valence-electron chi connectivity index (χ1n) is 7.72. The molecule has 118 valence electrons. The maximum atomic E-state index is 11.9. The second-order valence-corrected chi connectivity index (χ2v) is 5.52. The Morgan fingerprint density at radius 2 is 1.91 bits per heavy atom. The van der Waals surface area contributed by atoms with E-state index in [-0.39, 0.29) is 6.03 Å². The van der Waals surface area contributed by atoms with E-state index in [2.05, 4.69) is 29.7 Å². The Hall–Kier alpha value is -2.23. The first-order valence-corrected chi connectivity index (χ1v) is 7.72. The summed E-state index contributed by atoms with van der Waals surface area (Å²) in [6.45, 7) is 7.06. The van der Waals surface area contributed by atoms with E-state index in [4.69, 9.17) is 4.42 Å². The number of amides is 2. The van der Waals surface area contributed by atoms with Crippen LogP contribution in [0.4, 0.5) is 4.79 Å². The highest BCUT2D eigenvalue weighted by Gasteiger charge is 2.11. The standard InChI is InChI=1S/C18H24N2O2/c1-4-15(16-8-6-5-7-9-16)11-19-18(21)20-12-17-10-13(2)22-14(17)3/h5-10,15H,4,11-12H2,1-3H3,(H2,19,20,21). The summed E-state index contributed by atoms with van der Waals surface area (Å²) in [6, 6.07) is 12.1. The first-order chi connectivity index (χ1) is 10.6. The number of hydrogen-bond acceptors (Lipinski definition) is 2. The van der Waals surface area contributed by atoms with Crippen LogP contribution in [0.15, 0.2) is 40.8 Å². The topological polar surface area (TPSA) is 54.3 Å². The fourth-order valence-corrected chi connectivity index (χ4v) is 2.54. The van der Waals surface area contributed by atoms with Crippen molar-refractivity contribution >= 4 is 6.03 Å². The van der Waals surface area contributed by atoms with Gasteiger partial charge in [-0.15, -0.1) is 0 Å². The van der Waals surface area contributed by atoms with Crippen molar-refractivity contribution in [3.8, 4) is 0 Å². The molecule has 1 unspecified atom stereocenters. The Morgan fingerprint density at radius 1 is 1.18 bits per heavy atom. The molecule has 2 N–H and O–H groups in total. The summed E-state index contributed by atoms with van der Waals surface area (Å²) in [5.41, 5.74) is 2.27. The SMILES string of the molecule is CCC(CNC(=O)NCc1cc(C)oc1C)c1ccccc1. The van der Waals surface area contributed by atoms with Gasteiger partial charge in [-0.25, -0.2) is 4.79 Å². The van der Waals surface area contributed by atoms with Gasteiger partial charge in [0.2, 0.25) is 0 Å². The molecule has 2 aromatic rings. The van der Waals surface area contributed by atoms with Gasteiger partial charge in [0.1, 0.15) is 11.5 Å². The van der Waals surface area contributed by atoms with E-state index in [1.807, 2.05) is 38.1 Å². The lowest BCUT2D eigenvalue weighted by molar-refractivity contribution is 0.239. The smallest absolute Gasteiger partial charge is 0.315 e. The van der Waals surface area contributed by atoms with Crippen molar-refractivity contribution in [2.45, 2.75) is 39.7 Å². The zero-order valence-electron chi connectivity index (χ0n) is 13.5. The van der Waals surface area contributed by atoms with Crippen molar-refractivity contribution in [3.05, 3.63) is 59.0 Å². The Kier molecular flexibility index (Phi) is 5.64. The summed E-state index contributed by atoms with van der Waals surface area (Å²) < 4.78 is 5.45. The number of hydrogen-bond donors (Lipinski definition) is 2. The molecule has 1 aromatic heterocycles. The van der Waals surface area contributed by atoms with Gasteiger partial charge in [0.25, 0.3) is 0 Å². The van der Waals surface area contributed by atoms with Gasteiger partial charge in [-0.2, -0.15) is 0 Å². The summed E-state index contributed by atoms with van der Waals surface area (Å²) in [5.74, 6) is 2.06. The number of urea groups is 1. The lowest BCUT2D eigenvalue weighted by Crippen LogP contribution is -2.37. The molecule has 0 radical (unpaired) electrons. The van der Waals surface area contributed by atoms with Crippen LogP contribution in [-0.4, -0.2) is 12.6 Å². The second kappa shape index (κ2) is 7.69. The van der Waals surface area contributed by atoms with Crippen molar-refractivity contribution in [2.75, 3.05) is 6.54 Å². The number of furan rings is 1. The summed E-state index contributed by atoms with van der Waals surface area (Å²) in [4.78, 5) is 11.9. The largest absolute Gasteiger partial charge is 0.466 e. The van der Waals surface area contributed by atoms with Crippen LogP contribution in [0.3, 0.4) is 0 Å². The predicted molar refractivity (Wildman–Crippen MR) is 87.9 cm³/mol. The van der Waals surface area contributed by atoms with E-state index in [0.717, 1.165) is 23.5 Å². The molecule has 4 nitrogen and oxygen atoms in total. The fourth-order valence-electron chi connectivity index (χ4n) is 2.54. The molecule has 0 spiro atoms.